The van der Waals surface area contributed by atoms with Crippen LogP contribution in [0.2, 0.25) is 0 Å². The van der Waals surface area contributed by atoms with E-state index in [4.69, 9.17) is 4.98 Å². The van der Waals surface area contributed by atoms with E-state index in [0.29, 0.717) is 12.8 Å². The number of aliphatic carboxylic acids is 1. The Labute approximate surface area is 144 Å². The Kier molecular flexibility index (Phi) is 3.94. The third-order valence-electron chi connectivity index (χ3n) is 4.66. The van der Waals surface area contributed by atoms with Crippen LogP contribution in [-0.2, 0) is 4.79 Å². The number of fused-ring (bicyclic) bond motifs is 1. The van der Waals surface area contributed by atoms with Gasteiger partial charge in [-0.15, -0.1) is 11.3 Å². The minimum Gasteiger partial charge on any atom is -0.550 e. The van der Waals surface area contributed by atoms with Gasteiger partial charge in [-0.1, -0.05) is 42.5 Å². The Bertz CT molecular complexity index is 876. The van der Waals surface area contributed by atoms with Crippen LogP contribution in [0.5, 0.6) is 0 Å². The molecule has 2 aromatic carbocycles. The summed E-state index contributed by atoms with van der Waals surface area (Å²) in [5.41, 5.74) is 2.12. The zero-order valence-corrected chi connectivity index (χ0v) is 14.0. The van der Waals surface area contributed by atoms with E-state index < -0.39 is 5.97 Å². The van der Waals surface area contributed by atoms with Gasteiger partial charge in [-0.25, -0.2) is 4.98 Å². The largest absolute Gasteiger partial charge is 0.550 e. The van der Waals surface area contributed by atoms with Gasteiger partial charge in [0.15, 0.2) is 5.13 Å². The fourth-order valence-electron chi connectivity index (χ4n) is 3.29. The molecule has 24 heavy (non-hydrogen) atoms. The van der Waals surface area contributed by atoms with Gasteiger partial charge < -0.3 is 14.8 Å². The number of carbonyl (C=O) groups excluding carboxylic acids is 1. The Morgan fingerprint density at radius 2 is 1.88 bits per heavy atom. The molecule has 1 aliphatic heterocycles. The molecule has 122 valence electrons. The second-order valence-corrected chi connectivity index (χ2v) is 6.96. The van der Waals surface area contributed by atoms with Crippen molar-refractivity contribution in [2.24, 2.45) is 5.92 Å². The minimum absolute atomic E-state index is 0.321. The molecule has 3 aromatic rings. The normalized spacial score (nSPS) is 15.8. The van der Waals surface area contributed by atoms with Gasteiger partial charge in [-0.2, -0.15) is 0 Å². The van der Waals surface area contributed by atoms with E-state index in [1.54, 1.807) is 11.3 Å². The summed E-state index contributed by atoms with van der Waals surface area (Å²) in [6.45, 7) is 1.45. The summed E-state index contributed by atoms with van der Waals surface area (Å²) in [5, 5.41) is 16.4. The number of hydrogen-bond donors (Lipinski definition) is 0. The van der Waals surface area contributed by atoms with E-state index in [1.165, 1.54) is 10.8 Å². The van der Waals surface area contributed by atoms with Gasteiger partial charge in [0.25, 0.3) is 0 Å². The van der Waals surface area contributed by atoms with Crippen LogP contribution >= 0.6 is 11.3 Å². The van der Waals surface area contributed by atoms with Crippen LogP contribution in [-0.4, -0.2) is 24.0 Å². The molecular weight excluding hydrogens is 320 g/mol. The van der Waals surface area contributed by atoms with Crippen LogP contribution in [0.1, 0.15) is 12.8 Å². The van der Waals surface area contributed by atoms with Gasteiger partial charge >= 0.3 is 0 Å². The highest BCUT2D eigenvalue weighted by Crippen LogP contribution is 2.33. The number of carbonyl (C=O) groups is 1. The summed E-state index contributed by atoms with van der Waals surface area (Å²) < 4.78 is 0. The summed E-state index contributed by atoms with van der Waals surface area (Å²) in [6, 6.07) is 14.6. The highest BCUT2D eigenvalue weighted by atomic mass is 32.1. The first kappa shape index (κ1) is 15.1. The Morgan fingerprint density at radius 1 is 1.12 bits per heavy atom. The van der Waals surface area contributed by atoms with E-state index in [1.807, 2.05) is 12.1 Å². The Balaban J connectivity index is 1.60. The number of carboxylic acids is 1. The molecule has 1 aliphatic rings. The molecule has 1 aromatic heterocycles. The van der Waals surface area contributed by atoms with Gasteiger partial charge in [0.2, 0.25) is 0 Å². The number of aromatic nitrogens is 1. The number of benzene rings is 2. The first-order valence-corrected chi connectivity index (χ1v) is 9.00. The summed E-state index contributed by atoms with van der Waals surface area (Å²) >= 11 is 1.62. The lowest BCUT2D eigenvalue weighted by Gasteiger charge is -2.32. The third-order valence-corrected chi connectivity index (χ3v) is 5.56. The SMILES string of the molecule is O=C([O-])C1CCN(c2nc(-c3cccc4ccccc34)cs2)CC1. The molecule has 2 heterocycles. The van der Waals surface area contributed by atoms with Crippen molar-refractivity contribution in [2.75, 3.05) is 18.0 Å². The molecule has 4 nitrogen and oxygen atoms in total. The molecule has 0 saturated carbocycles. The van der Waals surface area contributed by atoms with Crippen LogP contribution < -0.4 is 10.0 Å². The molecule has 0 amide bonds. The van der Waals surface area contributed by atoms with Crippen LogP contribution in [0.3, 0.4) is 0 Å². The molecule has 0 bridgehead atoms. The summed E-state index contributed by atoms with van der Waals surface area (Å²) in [4.78, 5) is 18.0. The van der Waals surface area contributed by atoms with Gasteiger partial charge in [-0.3, -0.25) is 0 Å². The molecule has 0 N–H and O–H groups in total. The number of carboxylic acid groups (broad SMARTS) is 1. The standard InChI is InChI=1S/C19H18N2O2S/c22-18(23)14-8-10-21(11-9-14)19-20-17(12-24-19)16-7-3-5-13-4-1-2-6-15(13)16/h1-7,12,14H,8-11H2,(H,22,23)/p-1. The molecule has 1 fully saturated rings. The fourth-order valence-corrected chi connectivity index (χ4v) is 4.17. The first-order chi connectivity index (χ1) is 11.7. The molecule has 0 atom stereocenters. The van der Waals surface area contributed by atoms with E-state index in [9.17, 15) is 9.90 Å². The third kappa shape index (κ3) is 2.76. The number of anilines is 1. The van der Waals surface area contributed by atoms with Gasteiger partial charge in [0.05, 0.1) is 5.69 Å². The van der Waals surface area contributed by atoms with E-state index >= 15 is 0 Å². The lowest BCUT2D eigenvalue weighted by molar-refractivity contribution is -0.312. The number of rotatable bonds is 3. The van der Waals surface area contributed by atoms with Crippen molar-refractivity contribution in [3.63, 3.8) is 0 Å². The molecule has 1 saturated heterocycles. The second kappa shape index (κ2) is 6.24. The molecular formula is C19H17N2O2S-. The van der Waals surface area contributed by atoms with Crippen LogP contribution in [0.15, 0.2) is 47.8 Å². The summed E-state index contributed by atoms with van der Waals surface area (Å²) in [6.07, 6.45) is 1.26. The van der Waals surface area contributed by atoms with E-state index in [-0.39, 0.29) is 5.92 Å². The Morgan fingerprint density at radius 3 is 2.67 bits per heavy atom. The van der Waals surface area contributed by atoms with Gasteiger partial charge in [0.1, 0.15) is 0 Å². The average molecular weight is 337 g/mol. The highest BCUT2D eigenvalue weighted by Gasteiger charge is 2.22. The van der Waals surface area contributed by atoms with Crippen molar-refractivity contribution in [3.05, 3.63) is 47.8 Å². The quantitative estimate of drug-likeness (QED) is 0.737. The van der Waals surface area contributed by atoms with Crippen molar-refractivity contribution in [3.8, 4) is 11.3 Å². The number of hydrogen-bond acceptors (Lipinski definition) is 5. The first-order valence-electron chi connectivity index (χ1n) is 8.12. The fraction of sp³-hybridized carbons (Fsp3) is 0.263. The van der Waals surface area contributed by atoms with Crippen molar-refractivity contribution in [1.29, 1.82) is 0 Å². The van der Waals surface area contributed by atoms with Crippen LogP contribution in [0, 0.1) is 5.92 Å². The topological polar surface area (TPSA) is 56.3 Å². The predicted octanol–water partition coefficient (Wildman–Crippen LogP) is 2.93. The predicted molar refractivity (Wildman–Crippen MR) is 95.0 cm³/mol. The van der Waals surface area contributed by atoms with Gasteiger partial charge in [0, 0.05) is 35.9 Å². The maximum atomic E-state index is 11.0. The van der Waals surface area contributed by atoms with Gasteiger partial charge in [-0.05, 0) is 23.6 Å². The summed E-state index contributed by atoms with van der Waals surface area (Å²) in [7, 11) is 0. The number of thiazole rings is 1. The molecule has 0 unspecified atom stereocenters. The second-order valence-electron chi connectivity index (χ2n) is 6.12. The van der Waals surface area contributed by atoms with Crippen molar-refractivity contribution in [1.82, 2.24) is 4.98 Å². The van der Waals surface area contributed by atoms with Crippen molar-refractivity contribution in [2.45, 2.75) is 12.8 Å². The van der Waals surface area contributed by atoms with Crippen molar-refractivity contribution >= 4 is 33.2 Å². The van der Waals surface area contributed by atoms with Crippen molar-refractivity contribution < 1.29 is 9.90 Å². The number of nitrogens with zero attached hydrogens (tertiary/aromatic N) is 2. The average Bonchev–Trinajstić information content (AvgIpc) is 3.11. The molecule has 0 spiro atoms. The lowest BCUT2D eigenvalue weighted by Crippen LogP contribution is -2.41. The molecule has 5 heteroatoms. The van der Waals surface area contributed by atoms with Crippen LogP contribution in [0.4, 0.5) is 5.13 Å². The highest BCUT2D eigenvalue weighted by molar-refractivity contribution is 7.14. The Hall–Kier alpha value is -2.40. The summed E-state index contributed by atoms with van der Waals surface area (Å²) in [5.74, 6) is -1.25. The minimum atomic E-state index is -0.926. The van der Waals surface area contributed by atoms with E-state index in [0.717, 1.165) is 29.5 Å². The lowest BCUT2D eigenvalue weighted by atomic mass is 9.97. The molecule has 4 rings (SSSR count). The maximum Gasteiger partial charge on any atom is 0.185 e. The smallest absolute Gasteiger partial charge is 0.185 e. The zero-order valence-electron chi connectivity index (χ0n) is 13.1. The number of piperidine rings is 1. The maximum absolute atomic E-state index is 11.0. The molecule has 0 radical (unpaired) electrons. The van der Waals surface area contributed by atoms with E-state index in [2.05, 4.69) is 40.6 Å². The monoisotopic (exact) mass is 337 g/mol. The van der Waals surface area contributed by atoms with Crippen LogP contribution in [0.25, 0.3) is 22.0 Å². The zero-order chi connectivity index (χ0) is 16.5. The molecule has 0 aliphatic carbocycles.